The average Bonchev–Trinajstić information content (AvgIpc) is 3.76. The molecule has 7 atom stereocenters. The molecule has 1 saturated heterocycles. The summed E-state index contributed by atoms with van der Waals surface area (Å²) in [7, 11) is 1.60. The first-order valence-electron chi connectivity index (χ1n) is 14.5. The van der Waals surface area contributed by atoms with E-state index < -0.39 is 0 Å². The first-order chi connectivity index (χ1) is 21.7. The fourth-order valence-corrected chi connectivity index (χ4v) is 11.6. The maximum absolute atomic E-state index is 14.0. The number of hydrogen-bond acceptors (Lipinski definition) is 7. The fourth-order valence-electron chi connectivity index (χ4n) is 8.03. The molecule has 12 heteroatoms. The molecule has 1 N–H and O–H groups in total. The number of benzene rings is 3. The molecule has 6 unspecified atom stereocenters. The lowest BCUT2D eigenvalue weighted by Crippen LogP contribution is -2.42. The number of fused-ring (bicyclic) bond motifs is 9. The van der Waals surface area contributed by atoms with Gasteiger partial charge in [0.15, 0.2) is 11.5 Å². The average molecular weight is 745 g/mol. The number of aromatic amines is 1. The maximum atomic E-state index is 14.0. The molecule has 45 heavy (non-hydrogen) atoms. The van der Waals surface area contributed by atoms with Crippen LogP contribution in [0.15, 0.2) is 75.0 Å². The van der Waals surface area contributed by atoms with Crippen LogP contribution in [0.3, 0.4) is 0 Å². The Morgan fingerprint density at radius 3 is 2.44 bits per heavy atom. The van der Waals surface area contributed by atoms with Crippen molar-refractivity contribution in [1.29, 1.82) is 0 Å². The molecule has 0 spiro atoms. The molecule has 2 amide bonds. The number of nitrogens with zero attached hydrogens (tertiary/aromatic N) is 1. The van der Waals surface area contributed by atoms with Crippen LogP contribution in [0.5, 0.6) is 11.5 Å². The van der Waals surface area contributed by atoms with Gasteiger partial charge in [-0.3, -0.25) is 19.3 Å². The molecule has 0 radical (unpaired) electrons. The molecule has 2 aliphatic carbocycles. The molecule has 2 saturated carbocycles. The second kappa shape index (κ2) is 11.2. The second-order valence-corrected chi connectivity index (χ2v) is 15.8. The first kappa shape index (κ1) is 29.6. The lowest BCUT2D eigenvalue weighted by Gasteiger charge is -2.43. The SMILES string of the molecule is COc1cc([C@H]2c3sc(=O)[nH]c3SC3C4CC(C5C(=O)N(c6ccc(Br)cc6)C(=O)C45)C32)ccc1OCc1ccc(Cl)cc1Cl. The van der Waals surface area contributed by atoms with E-state index in [0.29, 0.717) is 27.2 Å². The largest absolute Gasteiger partial charge is 0.493 e. The highest BCUT2D eigenvalue weighted by Gasteiger charge is 2.69. The van der Waals surface area contributed by atoms with Gasteiger partial charge in [0.2, 0.25) is 11.8 Å². The summed E-state index contributed by atoms with van der Waals surface area (Å²) in [6, 6.07) is 18.5. The van der Waals surface area contributed by atoms with E-state index in [9.17, 15) is 14.4 Å². The van der Waals surface area contributed by atoms with Crippen molar-refractivity contribution >= 4 is 79.7 Å². The molecule has 3 fully saturated rings. The Labute approximate surface area is 285 Å². The van der Waals surface area contributed by atoms with Crippen LogP contribution in [-0.2, 0) is 16.2 Å². The van der Waals surface area contributed by atoms with Gasteiger partial charge in [-0.1, -0.05) is 62.6 Å². The number of imide groups is 1. The van der Waals surface area contributed by atoms with Crippen molar-refractivity contribution in [3.63, 3.8) is 0 Å². The van der Waals surface area contributed by atoms with Gasteiger partial charge in [0, 0.05) is 36.1 Å². The van der Waals surface area contributed by atoms with Crippen molar-refractivity contribution in [3.8, 4) is 11.5 Å². The Hall–Kier alpha value is -2.76. The number of carbonyl (C=O) groups is 2. The molecule has 2 aliphatic heterocycles. The molecule has 4 aliphatic rings. The van der Waals surface area contributed by atoms with Crippen LogP contribution in [0.25, 0.3) is 0 Å². The monoisotopic (exact) mass is 742 g/mol. The van der Waals surface area contributed by atoms with Crippen LogP contribution in [-0.4, -0.2) is 29.2 Å². The van der Waals surface area contributed by atoms with Crippen molar-refractivity contribution in [2.45, 2.75) is 29.2 Å². The van der Waals surface area contributed by atoms with E-state index >= 15 is 0 Å². The number of methoxy groups -OCH3 is 1. The number of carbonyl (C=O) groups excluding carboxylic acids is 2. The number of hydrogen-bond donors (Lipinski definition) is 1. The number of nitrogens with one attached hydrogen (secondary N) is 1. The Balaban J connectivity index is 1.14. The Bertz CT molecular complexity index is 1930. The van der Waals surface area contributed by atoms with Crippen LogP contribution >= 0.6 is 62.2 Å². The van der Waals surface area contributed by atoms with Crippen LogP contribution in [0, 0.1) is 29.6 Å². The molecular weight excluding hydrogens is 719 g/mol. The summed E-state index contributed by atoms with van der Waals surface area (Å²) < 4.78 is 12.8. The van der Waals surface area contributed by atoms with Gasteiger partial charge >= 0.3 is 4.87 Å². The van der Waals surface area contributed by atoms with E-state index in [2.05, 4.69) is 20.9 Å². The highest BCUT2D eigenvalue weighted by molar-refractivity contribution is 9.10. The summed E-state index contributed by atoms with van der Waals surface area (Å²) in [6.07, 6.45) is 0.819. The maximum Gasteiger partial charge on any atom is 0.305 e. The van der Waals surface area contributed by atoms with E-state index in [1.165, 1.54) is 16.2 Å². The van der Waals surface area contributed by atoms with E-state index in [1.54, 1.807) is 31.0 Å². The minimum atomic E-state index is -0.374. The standard InChI is InChI=1S/C33H25BrCl2N2O5S2/c1-42-23-10-14(3-9-22(23)43-13-15-2-6-17(35)11-21(15)36)24-25-19-12-20(28(25)44-30-29(24)45-33(41)37-30)27-26(19)31(39)38(32(27)40)18-7-4-16(34)5-8-18/h2-11,19-20,24-28H,12-13H2,1H3,(H,37,41)/t19?,20?,24-,25?,26?,27?,28?/m1/s1. The van der Waals surface area contributed by atoms with Gasteiger partial charge in [0.25, 0.3) is 0 Å². The van der Waals surface area contributed by atoms with Crippen LogP contribution < -0.4 is 19.2 Å². The number of anilines is 1. The van der Waals surface area contributed by atoms with Gasteiger partial charge in [-0.15, -0.1) is 11.8 Å². The number of amides is 2. The normalized spacial score (nSPS) is 27.8. The molecular formula is C33H25BrCl2N2O5S2. The summed E-state index contributed by atoms with van der Waals surface area (Å²) in [6.45, 7) is 0.234. The molecule has 8 rings (SSSR count). The van der Waals surface area contributed by atoms with Crippen molar-refractivity contribution in [2.24, 2.45) is 29.6 Å². The Morgan fingerprint density at radius 1 is 0.956 bits per heavy atom. The third kappa shape index (κ3) is 4.70. The molecule has 3 aromatic carbocycles. The van der Waals surface area contributed by atoms with Gasteiger partial charge in [-0.2, -0.15) is 0 Å². The number of ether oxygens (including phenoxy) is 2. The number of H-pyrrole nitrogens is 1. The highest BCUT2D eigenvalue weighted by atomic mass is 79.9. The fraction of sp³-hybridized carbons (Fsp3) is 0.303. The number of halogens is 3. The quantitative estimate of drug-likeness (QED) is 0.203. The van der Waals surface area contributed by atoms with Gasteiger partial charge < -0.3 is 14.5 Å². The van der Waals surface area contributed by atoms with Gasteiger partial charge in [-0.25, -0.2) is 0 Å². The molecule has 2 bridgehead atoms. The molecule has 3 heterocycles. The summed E-state index contributed by atoms with van der Waals surface area (Å²) in [5, 5.41) is 2.03. The van der Waals surface area contributed by atoms with Crippen LogP contribution in [0.2, 0.25) is 10.0 Å². The van der Waals surface area contributed by atoms with Crippen molar-refractivity contribution in [1.82, 2.24) is 4.98 Å². The van der Waals surface area contributed by atoms with E-state index in [-0.39, 0.29) is 64.1 Å². The molecule has 230 valence electrons. The molecule has 7 nitrogen and oxygen atoms in total. The highest BCUT2D eigenvalue weighted by Crippen LogP contribution is 2.68. The summed E-state index contributed by atoms with van der Waals surface area (Å²) >= 11 is 18.8. The first-order valence-corrected chi connectivity index (χ1v) is 17.8. The number of thioether (sulfide) groups is 1. The smallest absolute Gasteiger partial charge is 0.305 e. The van der Waals surface area contributed by atoms with Crippen LogP contribution in [0.4, 0.5) is 5.69 Å². The zero-order chi connectivity index (χ0) is 31.1. The zero-order valence-corrected chi connectivity index (χ0v) is 28.4. The van der Waals surface area contributed by atoms with Crippen molar-refractivity contribution in [2.75, 3.05) is 12.0 Å². The lowest BCUT2D eigenvalue weighted by atomic mass is 9.68. The number of aromatic nitrogens is 1. The van der Waals surface area contributed by atoms with E-state index in [1.807, 2.05) is 48.5 Å². The lowest BCUT2D eigenvalue weighted by molar-refractivity contribution is -0.123. The Kier molecular flexibility index (Phi) is 7.37. The third-order valence-electron chi connectivity index (χ3n) is 9.75. The van der Waals surface area contributed by atoms with Crippen molar-refractivity contribution < 1.29 is 19.1 Å². The van der Waals surface area contributed by atoms with Gasteiger partial charge in [0.1, 0.15) is 6.61 Å². The number of thiazole rings is 1. The second-order valence-electron chi connectivity index (χ2n) is 11.9. The predicted octanol–water partition coefficient (Wildman–Crippen LogP) is 7.77. The predicted molar refractivity (Wildman–Crippen MR) is 179 cm³/mol. The summed E-state index contributed by atoms with van der Waals surface area (Å²) in [5.41, 5.74) is 2.39. The topological polar surface area (TPSA) is 88.7 Å². The number of rotatable bonds is 6. The zero-order valence-electron chi connectivity index (χ0n) is 23.7. The van der Waals surface area contributed by atoms with E-state index in [4.69, 9.17) is 32.7 Å². The molecule has 1 aromatic heterocycles. The van der Waals surface area contributed by atoms with Crippen LogP contribution in [0.1, 0.15) is 28.3 Å². The van der Waals surface area contributed by atoms with E-state index in [0.717, 1.165) is 31.9 Å². The van der Waals surface area contributed by atoms with Gasteiger partial charge in [-0.05, 0) is 78.3 Å². The minimum absolute atomic E-state index is 0.0127. The van der Waals surface area contributed by atoms with Gasteiger partial charge in [0.05, 0.1) is 29.7 Å². The Morgan fingerprint density at radius 2 is 1.71 bits per heavy atom. The third-order valence-corrected chi connectivity index (χ3v) is 13.5. The summed E-state index contributed by atoms with van der Waals surface area (Å²) in [5.74, 6) is 0.173. The minimum Gasteiger partial charge on any atom is -0.493 e. The molecule has 4 aromatic rings. The summed E-state index contributed by atoms with van der Waals surface area (Å²) in [4.78, 5) is 45.8. The van der Waals surface area contributed by atoms with Crippen molar-refractivity contribution in [3.05, 3.63) is 101 Å².